The summed E-state index contributed by atoms with van der Waals surface area (Å²) in [6, 6.07) is 8.04. The Bertz CT molecular complexity index is 631. The molecule has 0 radical (unpaired) electrons. The third-order valence-electron chi connectivity index (χ3n) is 4.60. The van der Waals surface area contributed by atoms with E-state index < -0.39 is 0 Å². The number of nitrogens with zero attached hydrogens (tertiary/aromatic N) is 2. The fourth-order valence-electron chi connectivity index (χ4n) is 2.86. The van der Waals surface area contributed by atoms with Gasteiger partial charge in [0.15, 0.2) is 5.96 Å². The van der Waals surface area contributed by atoms with Crippen molar-refractivity contribution >= 4 is 12.1 Å². The number of aryl methyl sites for hydroxylation is 1. The number of aliphatic imine (C=N–C) groups is 1. The fourth-order valence-corrected chi connectivity index (χ4v) is 2.86. The van der Waals surface area contributed by atoms with E-state index in [2.05, 4.69) is 15.6 Å². The number of nitrogens with one attached hydrogen (secondary N) is 2. The molecule has 27 heavy (non-hydrogen) atoms. The zero-order valence-corrected chi connectivity index (χ0v) is 16.8. The molecule has 0 saturated heterocycles. The van der Waals surface area contributed by atoms with Gasteiger partial charge in [0.1, 0.15) is 12.4 Å². The van der Waals surface area contributed by atoms with Crippen molar-refractivity contribution in [2.24, 2.45) is 10.9 Å². The van der Waals surface area contributed by atoms with Gasteiger partial charge in [0.05, 0.1) is 19.2 Å². The average molecular weight is 377 g/mol. The molecule has 2 N–H and O–H groups in total. The Morgan fingerprint density at radius 3 is 2.74 bits per heavy atom. The Hall–Kier alpha value is -2.44. The minimum Gasteiger partial charge on any atom is -0.491 e. The van der Waals surface area contributed by atoms with E-state index in [0.29, 0.717) is 32.2 Å². The zero-order chi connectivity index (χ0) is 19.6. The van der Waals surface area contributed by atoms with E-state index in [4.69, 9.17) is 9.47 Å². The second kappa shape index (κ2) is 10.6. The molecule has 7 nitrogen and oxygen atoms in total. The Kier molecular flexibility index (Phi) is 8.23. The molecule has 1 fully saturated rings. The largest absolute Gasteiger partial charge is 0.491 e. The lowest BCUT2D eigenvalue weighted by Gasteiger charge is -2.25. The summed E-state index contributed by atoms with van der Waals surface area (Å²) in [6.45, 7) is 6.11. The highest BCUT2D eigenvalue weighted by Crippen LogP contribution is 2.32. The van der Waals surface area contributed by atoms with Crippen molar-refractivity contribution in [3.05, 3.63) is 29.8 Å². The van der Waals surface area contributed by atoms with Gasteiger partial charge in [0, 0.05) is 20.6 Å². The molecule has 1 aliphatic carbocycles. The molecule has 1 aromatic carbocycles. The highest BCUT2D eigenvalue weighted by atomic mass is 16.5. The first-order valence-corrected chi connectivity index (χ1v) is 9.58. The molecule has 0 aliphatic heterocycles. The number of ether oxygens (including phenoxy) is 2. The Balaban J connectivity index is 1.77. The van der Waals surface area contributed by atoms with Gasteiger partial charge < -0.3 is 25.0 Å². The molecule has 0 aromatic heterocycles. The maximum absolute atomic E-state index is 11.7. The van der Waals surface area contributed by atoms with E-state index >= 15 is 0 Å². The van der Waals surface area contributed by atoms with E-state index in [1.54, 1.807) is 14.0 Å². The van der Waals surface area contributed by atoms with Crippen LogP contribution in [-0.4, -0.2) is 63.4 Å². The van der Waals surface area contributed by atoms with Crippen LogP contribution in [0.5, 0.6) is 5.75 Å². The van der Waals surface area contributed by atoms with Gasteiger partial charge in [-0.05, 0) is 44.2 Å². The summed E-state index contributed by atoms with van der Waals surface area (Å²) in [6.07, 6.45) is 1.92. The number of rotatable bonds is 9. The van der Waals surface area contributed by atoms with E-state index in [1.807, 2.05) is 43.1 Å². The summed E-state index contributed by atoms with van der Waals surface area (Å²) in [5.41, 5.74) is 1.12. The number of hydrogen-bond donors (Lipinski definition) is 2. The van der Waals surface area contributed by atoms with Crippen LogP contribution < -0.4 is 15.4 Å². The number of carbonyl (C=O) groups is 1. The van der Waals surface area contributed by atoms with E-state index in [9.17, 15) is 4.79 Å². The first-order valence-electron chi connectivity index (χ1n) is 9.58. The van der Waals surface area contributed by atoms with Crippen LogP contribution >= 0.6 is 0 Å². The summed E-state index contributed by atoms with van der Waals surface area (Å²) >= 11 is 0. The number of amides is 1. The topological polar surface area (TPSA) is 75.2 Å². The first kappa shape index (κ1) is 20.9. The standard InChI is InChI=1S/C20H32N4O3/c1-5-26-20(25)23-17(16-10-11-16)14-22-19(21-3)24(4)12-13-27-18-9-7-6-8-15(18)2/h6-9,16-17H,5,10-14H2,1-4H3,(H,21,22)(H,23,25). The molecule has 1 unspecified atom stereocenters. The van der Waals surface area contributed by atoms with E-state index in [1.165, 1.54) is 0 Å². The molecule has 1 amide bonds. The third kappa shape index (κ3) is 7.00. The van der Waals surface area contributed by atoms with E-state index in [-0.39, 0.29) is 12.1 Å². The summed E-state index contributed by atoms with van der Waals surface area (Å²) < 4.78 is 10.9. The number of likely N-dealkylation sites (N-methyl/N-ethyl adjacent to an activating group) is 1. The molecule has 7 heteroatoms. The molecule has 1 aromatic rings. The van der Waals surface area contributed by atoms with Crippen LogP contribution in [-0.2, 0) is 4.74 Å². The quantitative estimate of drug-likeness (QED) is 0.511. The molecular weight excluding hydrogens is 344 g/mol. The predicted octanol–water partition coefficient (Wildman–Crippen LogP) is 2.41. The smallest absolute Gasteiger partial charge is 0.407 e. The van der Waals surface area contributed by atoms with Crippen molar-refractivity contribution in [1.82, 2.24) is 15.5 Å². The lowest BCUT2D eigenvalue weighted by atomic mass is 10.2. The van der Waals surface area contributed by atoms with Crippen molar-refractivity contribution in [2.45, 2.75) is 32.7 Å². The van der Waals surface area contributed by atoms with Gasteiger partial charge in [-0.1, -0.05) is 18.2 Å². The molecule has 0 spiro atoms. The number of carbonyl (C=O) groups excluding carboxylic acids is 1. The summed E-state index contributed by atoms with van der Waals surface area (Å²) in [5.74, 6) is 2.19. The third-order valence-corrected chi connectivity index (χ3v) is 4.60. The molecule has 1 saturated carbocycles. The van der Waals surface area contributed by atoms with Crippen molar-refractivity contribution in [3.8, 4) is 5.75 Å². The number of guanidine groups is 1. The number of hydrogen-bond acceptors (Lipinski definition) is 4. The van der Waals surface area contributed by atoms with Gasteiger partial charge in [0.25, 0.3) is 0 Å². The maximum Gasteiger partial charge on any atom is 0.407 e. The van der Waals surface area contributed by atoms with Gasteiger partial charge in [-0.3, -0.25) is 4.99 Å². The van der Waals surface area contributed by atoms with Crippen LogP contribution in [0, 0.1) is 12.8 Å². The van der Waals surface area contributed by atoms with Gasteiger partial charge in [-0.2, -0.15) is 0 Å². The minimum atomic E-state index is -0.355. The number of para-hydroxylation sites is 1. The van der Waals surface area contributed by atoms with E-state index in [0.717, 1.165) is 30.1 Å². The highest BCUT2D eigenvalue weighted by Gasteiger charge is 2.32. The van der Waals surface area contributed by atoms with Crippen LogP contribution in [0.25, 0.3) is 0 Å². The van der Waals surface area contributed by atoms with Gasteiger partial charge >= 0.3 is 6.09 Å². The molecule has 0 heterocycles. The van der Waals surface area contributed by atoms with Gasteiger partial charge in [-0.25, -0.2) is 4.79 Å². The number of alkyl carbamates (subject to hydrolysis) is 1. The summed E-state index contributed by atoms with van der Waals surface area (Å²) in [4.78, 5) is 18.1. The Labute approximate surface area is 162 Å². The molecule has 2 rings (SSSR count). The first-order chi connectivity index (χ1) is 13.0. The van der Waals surface area contributed by atoms with Crippen molar-refractivity contribution in [2.75, 3.05) is 40.4 Å². The molecular formula is C20H32N4O3. The van der Waals surface area contributed by atoms with Crippen molar-refractivity contribution in [1.29, 1.82) is 0 Å². The highest BCUT2D eigenvalue weighted by molar-refractivity contribution is 5.79. The second-order valence-corrected chi connectivity index (χ2v) is 6.77. The Morgan fingerprint density at radius 2 is 2.11 bits per heavy atom. The van der Waals surface area contributed by atoms with Crippen molar-refractivity contribution < 1.29 is 14.3 Å². The van der Waals surface area contributed by atoms with Crippen LogP contribution in [0.2, 0.25) is 0 Å². The van der Waals surface area contributed by atoms with Crippen LogP contribution in [0.15, 0.2) is 29.3 Å². The molecule has 0 bridgehead atoms. The summed E-state index contributed by atoms with van der Waals surface area (Å²) in [7, 11) is 3.73. The molecule has 1 atom stereocenters. The van der Waals surface area contributed by atoms with Crippen molar-refractivity contribution in [3.63, 3.8) is 0 Å². The molecule has 150 valence electrons. The second-order valence-electron chi connectivity index (χ2n) is 6.77. The normalized spacial score (nSPS) is 15.0. The zero-order valence-electron chi connectivity index (χ0n) is 16.8. The average Bonchev–Trinajstić information content (AvgIpc) is 3.48. The van der Waals surface area contributed by atoms with Gasteiger partial charge in [-0.15, -0.1) is 0 Å². The Morgan fingerprint density at radius 1 is 1.37 bits per heavy atom. The van der Waals surface area contributed by atoms with Crippen LogP contribution in [0.1, 0.15) is 25.3 Å². The molecule has 1 aliphatic rings. The monoisotopic (exact) mass is 376 g/mol. The lowest BCUT2D eigenvalue weighted by Crippen LogP contribution is -2.49. The maximum atomic E-state index is 11.7. The summed E-state index contributed by atoms with van der Waals surface area (Å²) in [5, 5.41) is 6.30. The number of benzene rings is 1. The SMILES string of the molecule is CCOC(=O)NC(CNC(=NC)N(C)CCOc1ccccc1C)C1CC1. The minimum absolute atomic E-state index is 0.0532. The van der Waals surface area contributed by atoms with Crippen LogP contribution in [0.3, 0.4) is 0 Å². The fraction of sp³-hybridized carbons (Fsp3) is 0.600. The van der Waals surface area contributed by atoms with Gasteiger partial charge in [0.2, 0.25) is 0 Å². The lowest BCUT2D eigenvalue weighted by molar-refractivity contribution is 0.146. The van der Waals surface area contributed by atoms with Crippen LogP contribution in [0.4, 0.5) is 4.79 Å². The predicted molar refractivity (Wildman–Crippen MR) is 107 cm³/mol.